The number of carbonyl (C=O) groups excluding carboxylic acids is 1. The first-order valence-electron chi connectivity index (χ1n) is 9.53. The summed E-state index contributed by atoms with van der Waals surface area (Å²) in [5, 5.41) is 4.33. The van der Waals surface area contributed by atoms with Crippen molar-refractivity contribution in [2.45, 2.75) is 18.8 Å². The number of likely N-dealkylation sites (tertiary alicyclic amines) is 1. The van der Waals surface area contributed by atoms with Gasteiger partial charge in [0.15, 0.2) is 0 Å². The molecule has 0 radical (unpaired) electrons. The Bertz CT molecular complexity index is 989. The molecule has 0 aliphatic carbocycles. The summed E-state index contributed by atoms with van der Waals surface area (Å²) in [6.45, 7) is 1.27. The molecule has 1 atom stereocenters. The van der Waals surface area contributed by atoms with Gasteiger partial charge >= 0.3 is 0 Å². The van der Waals surface area contributed by atoms with E-state index in [1.54, 1.807) is 6.07 Å². The number of amides is 1. The van der Waals surface area contributed by atoms with Gasteiger partial charge in [-0.3, -0.25) is 4.79 Å². The van der Waals surface area contributed by atoms with Crippen LogP contribution in [0.1, 0.15) is 35.0 Å². The van der Waals surface area contributed by atoms with Crippen molar-refractivity contribution in [1.29, 1.82) is 0 Å². The second kappa shape index (κ2) is 8.21. The van der Waals surface area contributed by atoms with E-state index in [4.69, 9.17) is 21.1 Å². The number of hydrogen-bond donors (Lipinski definition) is 0. The van der Waals surface area contributed by atoms with Crippen LogP contribution in [-0.2, 0) is 0 Å². The fourth-order valence-corrected chi connectivity index (χ4v) is 3.76. The lowest BCUT2D eigenvalue weighted by molar-refractivity contribution is 0.0664. The molecule has 1 unspecified atom stereocenters. The van der Waals surface area contributed by atoms with E-state index in [0.717, 1.165) is 29.7 Å². The molecule has 4 rings (SSSR count). The van der Waals surface area contributed by atoms with Crippen LogP contribution in [0.5, 0.6) is 0 Å². The first-order chi connectivity index (χ1) is 14.0. The highest BCUT2D eigenvalue weighted by atomic mass is 35.5. The third kappa shape index (κ3) is 4.10. The van der Waals surface area contributed by atoms with E-state index in [1.807, 2.05) is 54.4 Å². The van der Waals surface area contributed by atoms with Crippen LogP contribution >= 0.6 is 11.6 Å². The van der Waals surface area contributed by atoms with Crippen molar-refractivity contribution in [3.05, 3.63) is 59.2 Å². The summed E-state index contributed by atoms with van der Waals surface area (Å²) in [6, 6.07) is 9.27. The predicted molar refractivity (Wildman–Crippen MR) is 111 cm³/mol. The van der Waals surface area contributed by atoms with Crippen molar-refractivity contribution in [1.82, 2.24) is 20.0 Å². The Kier molecular flexibility index (Phi) is 5.49. The average molecular weight is 412 g/mol. The second-order valence-electron chi connectivity index (χ2n) is 7.34. The number of aromatic nitrogens is 3. The zero-order chi connectivity index (χ0) is 20.4. The van der Waals surface area contributed by atoms with E-state index < -0.39 is 0 Å². The zero-order valence-electron chi connectivity index (χ0n) is 16.4. The monoisotopic (exact) mass is 411 g/mol. The van der Waals surface area contributed by atoms with Crippen LogP contribution in [0.15, 0.2) is 47.2 Å². The molecule has 0 N–H and O–H groups in total. The van der Waals surface area contributed by atoms with Gasteiger partial charge in [0.05, 0.1) is 11.9 Å². The van der Waals surface area contributed by atoms with E-state index in [0.29, 0.717) is 24.1 Å². The molecule has 0 bridgehead atoms. The van der Waals surface area contributed by atoms with Gasteiger partial charge in [0.25, 0.3) is 5.91 Å². The lowest BCUT2D eigenvalue weighted by Gasteiger charge is -2.33. The standard InChI is InChI=1S/C21H22ClN5O2/c1-26(2)21-23-12-17(14-5-7-16(22)8-6-14)19(25-21)15-4-3-11-27(13-15)20(28)18-9-10-24-29-18/h5-10,12,15H,3-4,11,13H2,1-2H3. The molecule has 1 saturated heterocycles. The normalized spacial score (nSPS) is 16.7. The quantitative estimate of drug-likeness (QED) is 0.648. The van der Waals surface area contributed by atoms with Crippen LogP contribution in [0.25, 0.3) is 11.1 Å². The van der Waals surface area contributed by atoms with Crippen molar-refractivity contribution in [3.63, 3.8) is 0 Å². The molecular weight excluding hydrogens is 390 g/mol. The SMILES string of the molecule is CN(C)c1ncc(-c2ccc(Cl)cc2)c(C2CCCN(C(=O)c3ccno3)C2)n1. The maximum atomic E-state index is 12.7. The van der Waals surface area contributed by atoms with Gasteiger partial charge in [-0.1, -0.05) is 28.9 Å². The first kappa shape index (κ1) is 19.4. The first-order valence-corrected chi connectivity index (χ1v) is 9.91. The Labute approximate surface area is 174 Å². The number of benzene rings is 1. The molecule has 8 heteroatoms. The molecule has 1 fully saturated rings. The molecule has 0 saturated carbocycles. The van der Waals surface area contributed by atoms with Gasteiger partial charge in [-0.15, -0.1) is 0 Å². The molecular formula is C21H22ClN5O2. The Balaban J connectivity index is 1.69. The summed E-state index contributed by atoms with van der Waals surface area (Å²) in [5.74, 6) is 0.877. The molecule has 150 valence electrons. The molecule has 1 aromatic carbocycles. The number of nitrogens with zero attached hydrogens (tertiary/aromatic N) is 5. The summed E-state index contributed by atoms with van der Waals surface area (Å²) in [7, 11) is 3.84. The van der Waals surface area contributed by atoms with E-state index in [-0.39, 0.29) is 17.6 Å². The summed E-state index contributed by atoms with van der Waals surface area (Å²) in [5.41, 5.74) is 2.92. The van der Waals surface area contributed by atoms with Gasteiger partial charge < -0.3 is 14.3 Å². The highest BCUT2D eigenvalue weighted by Gasteiger charge is 2.30. The second-order valence-corrected chi connectivity index (χ2v) is 7.77. The maximum Gasteiger partial charge on any atom is 0.292 e. The molecule has 29 heavy (non-hydrogen) atoms. The average Bonchev–Trinajstić information content (AvgIpc) is 3.28. The van der Waals surface area contributed by atoms with Crippen molar-refractivity contribution in [3.8, 4) is 11.1 Å². The lowest BCUT2D eigenvalue weighted by atomic mass is 9.90. The highest BCUT2D eigenvalue weighted by molar-refractivity contribution is 6.30. The largest absolute Gasteiger partial charge is 0.351 e. The summed E-state index contributed by atoms with van der Waals surface area (Å²) in [4.78, 5) is 25.8. The van der Waals surface area contributed by atoms with Crippen molar-refractivity contribution in [2.75, 3.05) is 32.1 Å². The number of rotatable bonds is 4. The molecule has 1 aliphatic heterocycles. The third-order valence-corrected chi connectivity index (χ3v) is 5.36. The lowest BCUT2D eigenvalue weighted by Crippen LogP contribution is -2.39. The van der Waals surface area contributed by atoms with E-state index >= 15 is 0 Å². The van der Waals surface area contributed by atoms with Crippen LogP contribution in [0.2, 0.25) is 5.02 Å². The van der Waals surface area contributed by atoms with E-state index in [2.05, 4.69) is 10.1 Å². The smallest absolute Gasteiger partial charge is 0.292 e. The number of anilines is 1. The maximum absolute atomic E-state index is 12.7. The van der Waals surface area contributed by atoms with Gasteiger partial charge in [0, 0.05) is 56.0 Å². The van der Waals surface area contributed by atoms with E-state index in [1.165, 1.54) is 6.20 Å². The van der Waals surface area contributed by atoms with E-state index in [9.17, 15) is 4.79 Å². The summed E-state index contributed by atoms with van der Waals surface area (Å²) in [6.07, 6.45) is 5.19. The van der Waals surface area contributed by atoms with Crippen LogP contribution < -0.4 is 4.90 Å². The van der Waals surface area contributed by atoms with Gasteiger partial charge in [0.2, 0.25) is 11.7 Å². The minimum Gasteiger partial charge on any atom is -0.351 e. The molecule has 0 spiro atoms. The summed E-state index contributed by atoms with van der Waals surface area (Å²) >= 11 is 6.06. The molecule has 7 nitrogen and oxygen atoms in total. The Morgan fingerprint density at radius 1 is 1.24 bits per heavy atom. The number of piperidine rings is 1. The van der Waals surface area contributed by atoms with Gasteiger partial charge in [-0.05, 0) is 30.5 Å². The minimum atomic E-state index is -0.137. The summed E-state index contributed by atoms with van der Waals surface area (Å²) < 4.78 is 5.06. The minimum absolute atomic E-state index is 0.1000. The van der Waals surface area contributed by atoms with Crippen molar-refractivity contribution >= 4 is 23.5 Å². The van der Waals surface area contributed by atoms with Crippen molar-refractivity contribution < 1.29 is 9.32 Å². The fraction of sp³-hybridized carbons (Fsp3) is 0.333. The Morgan fingerprint density at radius 3 is 2.72 bits per heavy atom. The predicted octanol–water partition coefficient (Wildman–Crippen LogP) is 3.87. The van der Waals surface area contributed by atoms with Gasteiger partial charge in [0.1, 0.15) is 0 Å². The van der Waals surface area contributed by atoms with Crippen LogP contribution in [0.3, 0.4) is 0 Å². The van der Waals surface area contributed by atoms with Crippen LogP contribution in [0, 0.1) is 0 Å². The molecule has 1 aliphatic rings. The highest BCUT2D eigenvalue weighted by Crippen LogP contribution is 2.34. The molecule has 3 heterocycles. The zero-order valence-corrected chi connectivity index (χ0v) is 17.1. The third-order valence-electron chi connectivity index (χ3n) is 5.10. The number of halogens is 1. The topological polar surface area (TPSA) is 75.4 Å². The number of hydrogen-bond acceptors (Lipinski definition) is 6. The molecule has 3 aromatic rings. The fourth-order valence-electron chi connectivity index (χ4n) is 3.63. The van der Waals surface area contributed by atoms with Crippen LogP contribution in [0.4, 0.5) is 5.95 Å². The van der Waals surface area contributed by atoms with Gasteiger partial charge in [-0.2, -0.15) is 0 Å². The molecule has 2 aromatic heterocycles. The number of carbonyl (C=O) groups is 1. The Morgan fingerprint density at radius 2 is 2.03 bits per heavy atom. The van der Waals surface area contributed by atoms with Crippen LogP contribution in [-0.4, -0.2) is 53.1 Å². The molecule has 1 amide bonds. The Hall–Kier alpha value is -2.93. The van der Waals surface area contributed by atoms with Crippen molar-refractivity contribution in [2.24, 2.45) is 0 Å². The van der Waals surface area contributed by atoms with Gasteiger partial charge in [-0.25, -0.2) is 9.97 Å².